The van der Waals surface area contributed by atoms with E-state index in [4.69, 9.17) is 23.7 Å². The lowest BCUT2D eigenvalue weighted by Crippen LogP contribution is -2.14. The van der Waals surface area contributed by atoms with Crippen molar-refractivity contribution in [3.63, 3.8) is 0 Å². The molecule has 0 N–H and O–H groups in total. The van der Waals surface area contributed by atoms with E-state index in [-0.39, 0.29) is 16.9 Å². The summed E-state index contributed by atoms with van der Waals surface area (Å²) in [5.41, 5.74) is 0.511. The molecule has 0 atom stereocenters. The summed E-state index contributed by atoms with van der Waals surface area (Å²) < 4.78 is 28.7. The Hall–Kier alpha value is -4.00. The normalized spacial score (nSPS) is 10.7. The number of carbonyl (C=O) groups is 2. The van der Waals surface area contributed by atoms with Crippen LogP contribution in [0.1, 0.15) is 119 Å². The van der Waals surface area contributed by atoms with Crippen LogP contribution in [-0.4, -0.2) is 31.8 Å². The Bertz CT molecular complexity index is 1270. The van der Waals surface area contributed by atoms with Crippen molar-refractivity contribution in [2.24, 2.45) is 0 Å². The molecular formula is C38H50O7. The molecule has 7 heteroatoms. The molecular weight excluding hydrogens is 568 g/mol. The van der Waals surface area contributed by atoms with Gasteiger partial charge in [0.2, 0.25) is 0 Å². The average Bonchev–Trinajstić information content (AvgIpc) is 3.05. The lowest BCUT2D eigenvalue weighted by Gasteiger charge is -2.13. The maximum atomic E-state index is 13.2. The summed E-state index contributed by atoms with van der Waals surface area (Å²) in [6.45, 7) is 8.15. The SMILES string of the molecule is CCCCCCCCCCOc1cc(C(=O)Oc2ccc(OCCCC)cc2)ccc1C(=O)Oc1ccc(OCCCC)cc1. The Morgan fingerprint density at radius 2 is 0.911 bits per heavy atom. The van der Waals surface area contributed by atoms with Crippen LogP contribution in [0.2, 0.25) is 0 Å². The van der Waals surface area contributed by atoms with Crippen LogP contribution in [-0.2, 0) is 0 Å². The van der Waals surface area contributed by atoms with Crippen molar-refractivity contribution in [1.29, 1.82) is 0 Å². The number of hydrogen-bond acceptors (Lipinski definition) is 7. The fraction of sp³-hybridized carbons (Fsp3) is 0.474. The van der Waals surface area contributed by atoms with Crippen LogP contribution in [0.5, 0.6) is 28.7 Å². The molecule has 0 aliphatic rings. The van der Waals surface area contributed by atoms with Gasteiger partial charge in [0.25, 0.3) is 0 Å². The molecule has 0 bridgehead atoms. The third kappa shape index (κ3) is 13.3. The maximum absolute atomic E-state index is 13.2. The zero-order chi connectivity index (χ0) is 32.1. The number of ether oxygens (including phenoxy) is 5. The summed E-state index contributed by atoms with van der Waals surface area (Å²) in [7, 11) is 0. The van der Waals surface area contributed by atoms with E-state index in [2.05, 4.69) is 20.8 Å². The van der Waals surface area contributed by atoms with Gasteiger partial charge in [-0.3, -0.25) is 0 Å². The quantitative estimate of drug-likeness (QED) is 0.0630. The van der Waals surface area contributed by atoms with Crippen LogP contribution in [0.4, 0.5) is 0 Å². The third-order valence-corrected chi connectivity index (χ3v) is 7.29. The van der Waals surface area contributed by atoms with Gasteiger partial charge in [-0.05, 0) is 86.0 Å². The van der Waals surface area contributed by atoms with E-state index in [1.807, 2.05) is 0 Å². The molecule has 0 aliphatic heterocycles. The van der Waals surface area contributed by atoms with Gasteiger partial charge in [-0.15, -0.1) is 0 Å². The standard InChI is InChI=1S/C38H50O7/c1-4-7-10-11-12-13-14-15-28-43-36-29-30(37(39)44-33-21-17-31(18-22-33)41-26-8-5-2)16-25-35(36)38(40)45-34-23-19-32(20-24-34)42-27-9-6-3/h16-25,29H,4-15,26-28H2,1-3H3. The lowest BCUT2D eigenvalue weighted by atomic mass is 10.1. The second-order valence-electron chi connectivity index (χ2n) is 11.2. The van der Waals surface area contributed by atoms with E-state index in [9.17, 15) is 9.59 Å². The van der Waals surface area contributed by atoms with E-state index in [0.717, 1.165) is 56.4 Å². The first kappa shape index (κ1) is 35.5. The molecule has 0 saturated carbocycles. The summed E-state index contributed by atoms with van der Waals surface area (Å²) in [5.74, 6) is 1.40. The number of benzene rings is 3. The van der Waals surface area contributed by atoms with Crippen LogP contribution in [0.25, 0.3) is 0 Å². The summed E-state index contributed by atoms with van der Waals surface area (Å²) in [4.78, 5) is 26.3. The first-order chi connectivity index (χ1) is 22.0. The third-order valence-electron chi connectivity index (χ3n) is 7.29. The summed E-state index contributed by atoms with van der Waals surface area (Å²) in [6, 6.07) is 18.6. The Morgan fingerprint density at radius 3 is 1.44 bits per heavy atom. The van der Waals surface area contributed by atoms with Crippen molar-refractivity contribution in [1.82, 2.24) is 0 Å². The number of rotatable bonds is 22. The van der Waals surface area contributed by atoms with Crippen LogP contribution in [0.15, 0.2) is 66.7 Å². The van der Waals surface area contributed by atoms with Gasteiger partial charge in [0.1, 0.15) is 34.3 Å². The molecule has 0 fully saturated rings. The fourth-order valence-electron chi connectivity index (χ4n) is 4.56. The average molecular weight is 619 g/mol. The minimum Gasteiger partial charge on any atom is -0.494 e. The molecule has 0 heterocycles. The van der Waals surface area contributed by atoms with Gasteiger partial charge in [0.15, 0.2) is 0 Å². The molecule has 0 aromatic heterocycles. The maximum Gasteiger partial charge on any atom is 0.347 e. The zero-order valence-electron chi connectivity index (χ0n) is 27.3. The highest BCUT2D eigenvalue weighted by molar-refractivity contribution is 5.97. The zero-order valence-corrected chi connectivity index (χ0v) is 27.3. The van der Waals surface area contributed by atoms with Crippen molar-refractivity contribution in [3.05, 3.63) is 77.9 Å². The van der Waals surface area contributed by atoms with E-state index in [1.165, 1.54) is 32.1 Å². The van der Waals surface area contributed by atoms with E-state index < -0.39 is 11.9 Å². The highest BCUT2D eigenvalue weighted by Crippen LogP contribution is 2.26. The Morgan fingerprint density at radius 1 is 0.467 bits per heavy atom. The van der Waals surface area contributed by atoms with Gasteiger partial charge >= 0.3 is 11.9 Å². The van der Waals surface area contributed by atoms with E-state index >= 15 is 0 Å². The highest BCUT2D eigenvalue weighted by atomic mass is 16.5. The summed E-state index contributed by atoms with van der Waals surface area (Å²) in [6.07, 6.45) is 13.4. The number of hydrogen-bond donors (Lipinski definition) is 0. The van der Waals surface area contributed by atoms with Crippen molar-refractivity contribution >= 4 is 11.9 Å². The first-order valence-electron chi connectivity index (χ1n) is 16.7. The molecule has 3 rings (SSSR count). The molecule has 0 spiro atoms. The van der Waals surface area contributed by atoms with Crippen LogP contribution in [0, 0.1) is 0 Å². The largest absolute Gasteiger partial charge is 0.494 e. The second kappa shape index (κ2) is 20.9. The van der Waals surface area contributed by atoms with E-state index in [1.54, 1.807) is 66.7 Å². The molecule has 0 saturated heterocycles. The molecule has 3 aromatic rings. The molecule has 0 aliphatic carbocycles. The summed E-state index contributed by atoms with van der Waals surface area (Å²) >= 11 is 0. The van der Waals surface area contributed by atoms with E-state index in [0.29, 0.717) is 31.3 Å². The minimum atomic E-state index is -0.570. The Balaban J connectivity index is 1.65. The van der Waals surface area contributed by atoms with Crippen LogP contribution >= 0.6 is 0 Å². The number of carbonyl (C=O) groups excluding carboxylic acids is 2. The molecule has 0 amide bonds. The molecule has 0 radical (unpaired) electrons. The molecule has 45 heavy (non-hydrogen) atoms. The Labute approximate surface area is 269 Å². The van der Waals surface area contributed by atoms with Crippen LogP contribution < -0.4 is 23.7 Å². The van der Waals surface area contributed by atoms with Gasteiger partial charge in [-0.2, -0.15) is 0 Å². The second-order valence-corrected chi connectivity index (χ2v) is 11.2. The number of esters is 2. The van der Waals surface area contributed by atoms with Crippen molar-refractivity contribution in [3.8, 4) is 28.7 Å². The predicted octanol–water partition coefficient (Wildman–Crippen LogP) is 10.0. The fourth-order valence-corrected chi connectivity index (χ4v) is 4.56. The lowest BCUT2D eigenvalue weighted by molar-refractivity contribution is 0.0716. The summed E-state index contributed by atoms with van der Waals surface area (Å²) in [5, 5.41) is 0. The number of unbranched alkanes of at least 4 members (excludes halogenated alkanes) is 9. The van der Waals surface area contributed by atoms with Gasteiger partial charge in [-0.25, -0.2) is 9.59 Å². The van der Waals surface area contributed by atoms with Gasteiger partial charge < -0.3 is 23.7 Å². The minimum absolute atomic E-state index is 0.239. The molecule has 244 valence electrons. The highest BCUT2D eigenvalue weighted by Gasteiger charge is 2.19. The monoisotopic (exact) mass is 618 g/mol. The van der Waals surface area contributed by atoms with Crippen molar-refractivity contribution in [2.75, 3.05) is 19.8 Å². The predicted molar refractivity (Wildman–Crippen MR) is 178 cm³/mol. The van der Waals surface area contributed by atoms with Crippen LogP contribution in [0.3, 0.4) is 0 Å². The van der Waals surface area contributed by atoms with Gasteiger partial charge in [0, 0.05) is 0 Å². The first-order valence-corrected chi connectivity index (χ1v) is 16.7. The van der Waals surface area contributed by atoms with Crippen molar-refractivity contribution in [2.45, 2.75) is 97.8 Å². The molecule has 7 nitrogen and oxygen atoms in total. The van der Waals surface area contributed by atoms with Gasteiger partial charge in [0.05, 0.1) is 25.4 Å². The molecule has 0 unspecified atom stereocenters. The van der Waals surface area contributed by atoms with Gasteiger partial charge in [-0.1, -0.05) is 78.6 Å². The Kier molecular flexibility index (Phi) is 16.4. The van der Waals surface area contributed by atoms with Crippen molar-refractivity contribution < 1.29 is 33.3 Å². The topological polar surface area (TPSA) is 80.3 Å². The smallest absolute Gasteiger partial charge is 0.347 e. The molecule has 3 aromatic carbocycles.